The van der Waals surface area contributed by atoms with Gasteiger partial charge in [0.2, 0.25) is 0 Å². The molecule has 3 heteroatoms. The van der Waals surface area contributed by atoms with Crippen LogP contribution < -0.4 is 0 Å². The van der Waals surface area contributed by atoms with E-state index in [1.54, 1.807) is 20.8 Å². The van der Waals surface area contributed by atoms with Crippen LogP contribution in [-0.2, 0) is 9.59 Å². The molecule has 0 aliphatic rings. The van der Waals surface area contributed by atoms with Gasteiger partial charge in [-0.15, -0.1) is 0 Å². The fourth-order valence-corrected chi connectivity index (χ4v) is 1.65. The fourth-order valence-electron chi connectivity index (χ4n) is 1.65. The van der Waals surface area contributed by atoms with Crippen molar-refractivity contribution in [1.82, 2.24) is 0 Å². The molecule has 0 bridgehead atoms. The lowest BCUT2D eigenvalue weighted by Gasteiger charge is -2.15. The van der Waals surface area contributed by atoms with Crippen molar-refractivity contribution in [2.45, 2.75) is 47.5 Å². The minimum absolute atomic E-state index is 0.0176. The Morgan fingerprint density at radius 3 is 2.00 bits per heavy atom. The topological polar surface area (TPSA) is 54.4 Å². The Kier molecular flexibility index (Phi) is 6.01. The third-order valence-electron chi connectivity index (χ3n) is 2.84. The third-order valence-corrected chi connectivity index (χ3v) is 2.84. The normalized spacial score (nSPS) is 14.6. The number of carbonyl (C=O) groups excluding carboxylic acids is 1. The van der Waals surface area contributed by atoms with E-state index in [0.29, 0.717) is 5.57 Å². The van der Waals surface area contributed by atoms with Crippen molar-refractivity contribution >= 4 is 11.8 Å². The first-order valence-electron chi connectivity index (χ1n) is 5.81. The molecule has 0 rings (SSSR count). The first-order valence-corrected chi connectivity index (χ1v) is 5.81. The number of Topliss-reactive ketones (excluding diaryl/α,β-unsaturated/α-hetero) is 1. The standard InChI is InChI=1S/C13H22O3/c1-6-7-9(4)10(5)11(13(15)16)12(14)8(2)3/h8-9H,6-7H2,1-5H3,(H,15,16)/b11-10-. The van der Waals surface area contributed by atoms with Crippen LogP contribution in [0.5, 0.6) is 0 Å². The van der Waals surface area contributed by atoms with E-state index >= 15 is 0 Å². The molecular formula is C13H22O3. The molecule has 0 radical (unpaired) electrons. The number of allylic oxidation sites excluding steroid dienone is 1. The Labute approximate surface area is 97.5 Å². The second-order valence-corrected chi connectivity index (χ2v) is 4.57. The van der Waals surface area contributed by atoms with Crippen LogP contribution in [0.15, 0.2) is 11.1 Å². The number of ketones is 1. The average Bonchev–Trinajstić information content (AvgIpc) is 2.17. The first kappa shape index (κ1) is 14.9. The van der Waals surface area contributed by atoms with E-state index in [9.17, 15) is 9.59 Å². The molecule has 0 aromatic carbocycles. The van der Waals surface area contributed by atoms with Gasteiger partial charge >= 0.3 is 5.97 Å². The van der Waals surface area contributed by atoms with E-state index in [-0.39, 0.29) is 23.2 Å². The Hall–Kier alpha value is -1.12. The molecule has 0 amide bonds. The van der Waals surface area contributed by atoms with Crippen LogP contribution in [0, 0.1) is 11.8 Å². The van der Waals surface area contributed by atoms with Gasteiger partial charge in [-0.25, -0.2) is 4.79 Å². The molecule has 92 valence electrons. The van der Waals surface area contributed by atoms with Crippen LogP contribution >= 0.6 is 0 Å². The van der Waals surface area contributed by atoms with E-state index in [2.05, 4.69) is 6.92 Å². The summed E-state index contributed by atoms with van der Waals surface area (Å²) in [6.07, 6.45) is 1.90. The number of hydrogen-bond donors (Lipinski definition) is 1. The Morgan fingerprint density at radius 2 is 1.69 bits per heavy atom. The van der Waals surface area contributed by atoms with Crippen molar-refractivity contribution in [1.29, 1.82) is 0 Å². The van der Waals surface area contributed by atoms with E-state index in [1.165, 1.54) is 0 Å². The lowest BCUT2D eigenvalue weighted by atomic mass is 9.89. The number of rotatable bonds is 6. The minimum Gasteiger partial charge on any atom is -0.478 e. The molecule has 0 heterocycles. The number of aliphatic carboxylic acids is 1. The zero-order valence-electron chi connectivity index (χ0n) is 10.8. The van der Waals surface area contributed by atoms with E-state index in [1.807, 2.05) is 6.92 Å². The van der Waals surface area contributed by atoms with Gasteiger partial charge in [0, 0.05) is 5.92 Å². The largest absolute Gasteiger partial charge is 0.478 e. The zero-order chi connectivity index (χ0) is 12.9. The smallest absolute Gasteiger partial charge is 0.339 e. The fraction of sp³-hybridized carbons (Fsp3) is 0.692. The molecule has 0 fully saturated rings. The summed E-state index contributed by atoms with van der Waals surface area (Å²) in [5.74, 6) is -1.49. The number of carboxylic acid groups (broad SMARTS) is 1. The highest BCUT2D eigenvalue weighted by molar-refractivity contribution is 6.17. The maximum absolute atomic E-state index is 11.8. The first-order chi connectivity index (χ1) is 7.32. The predicted molar refractivity (Wildman–Crippen MR) is 64.3 cm³/mol. The van der Waals surface area contributed by atoms with Gasteiger partial charge in [-0.3, -0.25) is 4.79 Å². The quantitative estimate of drug-likeness (QED) is 0.430. The summed E-state index contributed by atoms with van der Waals surface area (Å²) in [5, 5.41) is 9.10. The van der Waals surface area contributed by atoms with E-state index in [4.69, 9.17) is 5.11 Å². The Balaban J connectivity index is 5.24. The average molecular weight is 226 g/mol. The summed E-state index contributed by atoms with van der Waals surface area (Å²) in [5.41, 5.74) is 0.684. The highest BCUT2D eigenvalue weighted by Gasteiger charge is 2.24. The third kappa shape index (κ3) is 3.80. The summed E-state index contributed by atoms with van der Waals surface area (Å²) in [4.78, 5) is 22.9. The van der Waals surface area contributed by atoms with Crippen molar-refractivity contribution < 1.29 is 14.7 Å². The Bertz CT molecular complexity index is 300. The van der Waals surface area contributed by atoms with Crippen molar-refractivity contribution in [3.8, 4) is 0 Å². The van der Waals surface area contributed by atoms with Gasteiger partial charge in [-0.2, -0.15) is 0 Å². The summed E-state index contributed by atoms with van der Waals surface area (Å²) >= 11 is 0. The predicted octanol–water partition coefficient (Wildman–Crippen LogP) is 3.05. The molecule has 0 saturated carbocycles. The van der Waals surface area contributed by atoms with E-state index < -0.39 is 5.97 Å². The number of carboxylic acids is 1. The van der Waals surface area contributed by atoms with Crippen molar-refractivity contribution in [2.75, 3.05) is 0 Å². The van der Waals surface area contributed by atoms with Crippen LogP contribution in [0.25, 0.3) is 0 Å². The second-order valence-electron chi connectivity index (χ2n) is 4.57. The summed E-state index contributed by atoms with van der Waals surface area (Å²) in [7, 11) is 0. The van der Waals surface area contributed by atoms with Crippen molar-refractivity contribution in [3.63, 3.8) is 0 Å². The molecule has 1 N–H and O–H groups in total. The number of hydrogen-bond acceptors (Lipinski definition) is 2. The SMILES string of the molecule is CCCC(C)/C(C)=C(\C(=O)O)C(=O)C(C)C. The van der Waals surface area contributed by atoms with Gasteiger partial charge in [0.1, 0.15) is 5.57 Å². The lowest BCUT2D eigenvalue weighted by Crippen LogP contribution is -2.20. The van der Waals surface area contributed by atoms with E-state index in [0.717, 1.165) is 12.8 Å². The molecule has 1 unspecified atom stereocenters. The highest BCUT2D eigenvalue weighted by atomic mass is 16.4. The van der Waals surface area contributed by atoms with Gasteiger partial charge in [-0.05, 0) is 19.3 Å². The van der Waals surface area contributed by atoms with Crippen LogP contribution in [0.2, 0.25) is 0 Å². The van der Waals surface area contributed by atoms with Gasteiger partial charge in [0.15, 0.2) is 5.78 Å². The molecule has 0 aromatic heterocycles. The highest BCUT2D eigenvalue weighted by Crippen LogP contribution is 2.22. The second kappa shape index (κ2) is 6.46. The zero-order valence-corrected chi connectivity index (χ0v) is 10.8. The molecule has 0 aromatic rings. The van der Waals surface area contributed by atoms with Gasteiger partial charge < -0.3 is 5.11 Å². The maximum atomic E-state index is 11.8. The molecule has 0 aliphatic carbocycles. The molecule has 16 heavy (non-hydrogen) atoms. The molecular weight excluding hydrogens is 204 g/mol. The minimum atomic E-state index is -1.10. The summed E-state index contributed by atoms with van der Waals surface area (Å²) in [6, 6.07) is 0. The molecule has 0 aliphatic heterocycles. The van der Waals surface area contributed by atoms with Crippen LogP contribution in [0.4, 0.5) is 0 Å². The van der Waals surface area contributed by atoms with Gasteiger partial charge in [0.05, 0.1) is 0 Å². The summed E-state index contributed by atoms with van der Waals surface area (Å²) in [6.45, 7) is 9.22. The van der Waals surface area contributed by atoms with Crippen LogP contribution in [0.3, 0.4) is 0 Å². The molecule has 3 nitrogen and oxygen atoms in total. The van der Waals surface area contributed by atoms with Gasteiger partial charge in [0.25, 0.3) is 0 Å². The monoisotopic (exact) mass is 226 g/mol. The lowest BCUT2D eigenvalue weighted by molar-refractivity contribution is -0.135. The van der Waals surface area contributed by atoms with Crippen LogP contribution in [0.1, 0.15) is 47.5 Å². The molecule has 1 atom stereocenters. The van der Waals surface area contributed by atoms with Gasteiger partial charge in [-0.1, -0.05) is 39.7 Å². The van der Waals surface area contributed by atoms with Crippen molar-refractivity contribution in [2.24, 2.45) is 11.8 Å². The van der Waals surface area contributed by atoms with Crippen LogP contribution in [-0.4, -0.2) is 16.9 Å². The van der Waals surface area contributed by atoms with Crippen molar-refractivity contribution in [3.05, 3.63) is 11.1 Å². The molecule has 0 saturated heterocycles. The Morgan fingerprint density at radius 1 is 1.19 bits per heavy atom. The summed E-state index contributed by atoms with van der Waals surface area (Å²) < 4.78 is 0. The number of carbonyl (C=O) groups is 2. The molecule has 0 spiro atoms. The maximum Gasteiger partial charge on any atom is 0.339 e.